The van der Waals surface area contributed by atoms with E-state index in [1.807, 2.05) is 49.7 Å². The Labute approximate surface area is 225 Å². The first kappa shape index (κ1) is 29.5. The highest BCUT2D eigenvalue weighted by Gasteiger charge is 2.53. The van der Waals surface area contributed by atoms with Crippen molar-refractivity contribution in [3.8, 4) is 0 Å². The van der Waals surface area contributed by atoms with E-state index in [0.29, 0.717) is 18.8 Å². The summed E-state index contributed by atoms with van der Waals surface area (Å²) in [6, 6.07) is 9.59. The van der Waals surface area contributed by atoms with Crippen molar-refractivity contribution in [2.75, 3.05) is 0 Å². The second-order valence-electron chi connectivity index (χ2n) is 11.2. The number of nitrogens with zero attached hydrogens (tertiary/aromatic N) is 2. The summed E-state index contributed by atoms with van der Waals surface area (Å²) in [6.07, 6.45) is 12.4. The fourth-order valence-electron chi connectivity index (χ4n) is 6.26. The van der Waals surface area contributed by atoms with Crippen molar-refractivity contribution in [3.63, 3.8) is 0 Å². The van der Waals surface area contributed by atoms with Crippen molar-refractivity contribution >= 4 is 17.6 Å². The molecule has 1 saturated carbocycles. The minimum atomic E-state index is -1.26. The third kappa shape index (κ3) is 7.51. The number of hydroxylamine groups is 1. The number of nitrogens with two attached hydrogens (primary N) is 1. The molecule has 1 aliphatic carbocycles. The van der Waals surface area contributed by atoms with E-state index < -0.39 is 29.1 Å². The van der Waals surface area contributed by atoms with Gasteiger partial charge in [0.1, 0.15) is 0 Å². The van der Waals surface area contributed by atoms with Gasteiger partial charge in [-0.25, -0.2) is 16.3 Å². The fourth-order valence-corrected chi connectivity index (χ4v) is 6.26. The fraction of sp³-hybridized carbons (Fsp3) is 0.586. The van der Waals surface area contributed by atoms with Crippen LogP contribution in [0.3, 0.4) is 0 Å². The van der Waals surface area contributed by atoms with Gasteiger partial charge in [-0.15, -0.1) is 0 Å². The minimum Gasteiger partial charge on any atom is -0.330 e. The van der Waals surface area contributed by atoms with E-state index in [1.165, 1.54) is 6.42 Å². The Morgan fingerprint density at radius 3 is 2.42 bits per heavy atom. The van der Waals surface area contributed by atoms with Crippen LogP contribution in [0.15, 0.2) is 49.1 Å². The molecule has 3 rings (SSSR count). The molecule has 1 aliphatic rings. The van der Waals surface area contributed by atoms with Gasteiger partial charge in [0, 0.05) is 17.8 Å². The molecule has 0 spiro atoms. The molecule has 0 radical (unpaired) electrons. The number of imidazole rings is 1. The van der Waals surface area contributed by atoms with Crippen LogP contribution < -0.4 is 16.7 Å². The van der Waals surface area contributed by atoms with Gasteiger partial charge in [-0.2, -0.15) is 0 Å². The number of Topliss-reactive ketones (excluding diaryl/α,β-unsaturated/α-hetero) is 1. The lowest BCUT2D eigenvalue weighted by Crippen LogP contribution is -2.55. The van der Waals surface area contributed by atoms with E-state index >= 15 is 0 Å². The van der Waals surface area contributed by atoms with E-state index in [0.717, 1.165) is 37.7 Å². The first-order valence-corrected chi connectivity index (χ1v) is 13.8. The summed E-state index contributed by atoms with van der Waals surface area (Å²) < 4.78 is 1.69. The van der Waals surface area contributed by atoms with Crippen molar-refractivity contribution in [3.05, 3.63) is 54.6 Å². The summed E-state index contributed by atoms with van der Waals surface area (Å²) in [5.74, 6) is 2.65. The Morgan fingerprint density at radius 2 is 1.84 bits per heavy atom. The molecule has 3 atom stereocenters. The molecule has 2 aromatic rings. The maximum Gasteiger partial charge on any atom is 0.248 e. The van der Waals surface area contributed by atoms with Crippen LogP contribution in [0.4, 0.5) is 0 Å². The van der Waals surface area contributed by atoms with Crippen LogP contribution in [0.1, 0.15) is 70.8 Å². The average Bonchev–Trinajstić information content (AvgIpc) is 3.44. The molecule has 0 aliphatic heterocycles. The van der Waals surface area contributed by atoms with Crippen molar-refractivity contribution in [1.82, 2.24) is 20.5 Å². The standard InChI is InChI=1S/C29H43N5O4/c1-21(2)17-24(27(36)32-30)26(28(37)33-38)29(18-23-11-7-4-8-12-23,14-13-22-9-5-3-6-10-22)25(35)19-34-16-15-31-20-34/h4,7-8,11-12,15-16,20-22,24,26,38H,3,5-6,9-10,13-14,17-19,30H2,1-2H3,(H,32,36)(H,33,37)/t24-,26-,29?/m1/s1. The van der Waals surface area contributed by atoms with Gasteiger partial charge < -0.3 is 4.57 Å². The van der Waals surface area contributed by atoms with E-state index in [4.69, 9.17) is 5.84 Å². The van der Waals surface area contributed by atoms with Crippen LogP contribution in [0.5, 0.6) is 0 Å². The molecule has 5 N–H and O–H groups in total. The number of hydrazine groups is 1. The van der Waals surface area contributed by atoms with Crippen molar-refractivity contribution in [2.24, 2.45) is 34.9 Å². The Hall–Kier alpha value is -3.04. The summed E-state index contributed by atoms with van der Waals surface area (Å²) >= 11 is 0. The number of ketones is 1. The second-order valence-corrected chi connectivity index (χ2v) is 11.2. The van der Waals surface area contributed by atoms with Crippen LogP contribution in [0, 0.1) is 29.1 Å². The molecule has 208 valence electrons. The molecule has 2 amide bonds. The summed E-state index contributed by atoms with van der Waals surface area (Å²) in [5.41, 5.74) is 3.67. The van der Waals surface area contributed by atoms with Crippen LogP contribution in [0.2, 0.25) is 0 Å². The predicted molar refractivity (Wildman–Crippen MR) is 144 cm³/mol. The number of carbonyl (C=O) groups is 3. The Kier molecular flexibility index (Phi) is 11.0. The van der Waals surface area contributed by atoms with Crippen LogP contribution in [-0.2, 0) is 27.3 Å². The van der Waals surface area contributed by atoms with Crippen LogP contribution in [0.25, 0.3) is 0 Å². The van der Waals surface area contributed by atoms with Gasteiger partial charge in [0.25, 0.3) is 0 Å². The van der Waals surface area contributed by atoms with Gasteiger partial charge in [-0.3, -0.25) is 25.0 Å². The highest BCUT2D eigenvalue weighted by atomic mass is 16.5. The van der Waals surface area contributed by atoms with Gasteiger partial charge in [-0.1, -0.05) is 76.3 Å². The summed E-state index contributed by atoms with van der Waals surface area (Å²) in [7, 11) is 0. The molecule has 1 aromatic carbocycles. The Balaban J connectivity index is 2.18. The van der Waals surface area contributed by atoms with Crippen molar-refractivity contribution in [2.45, 2.75) is 78.2 Å². The van der Waals surface area contributed by atoms with Gasteiger partial charge in [-0.05, 0) is 43.1 Å². The zero-order chi connectivity index (χ0) is 27.5. The lowest BCUT2D eigenvalue weighted by Gasteiger charge is -2.43. The molecular formula is C29H43N5O4. The SMILES string of the molecule is CC(C)C[C@@H](C(=O)NN)[C@H](C(=O)NO)C(CCC1CCCCC1)(Cc1ccccc1)C(=O)Cn1ccnc1. The maximum atomic E-state index is 14.5. The summed E-state index contributed by atoms with van der Waals surface area (Å²) in [4.78, 5) is 45.4. The number of aromatic nitrogens is 2. The average molecular weight is 526 g/mol. The first-order chi connectivity index (χ1) is 18.3. The molecule has 1 fully saturated rings. The summed E-state index contributed by atoms with van der Waals surface area (Å²) in [5, 5.41) is 9.94. The van der Waals surface area contributed by atoms with Crippen molar-refractivity contribution < 1.29 is 19.6 Å². The molecule has 9 nitrogen and oxygen atoms in total. The van der Waals surface area contributed by atoms with Gasteiger partial charge >= 0.3 is 0 Å². The van der Waals surface area contributed by atoms with Gasteiger partial charge in [0.2, 0.25) is 11.8 Å². The zero-order valence-electron chi connectivity index (χ0n) is 22.6. The number of hydrogen-bond acceptors (Lipinski definition) is 6. The van der Waals surface area contributed by atoms with Crippen LogP contribution in [-0.4, -0.2) is 32.4 Å². The highest BCUT2D eigenvalue weighted by molar-refractivity contribution is 5.95. The molecule has 1 heterocycles. The number of carbonyl (C=O) groups excluding carboxylic acids is 3. The van der Waals surface area contributed by atoms with E-state index in [-0.39, 0.29) is 24.7 Å². The number of benzene rings is 1. The third-order valence-electron chi connectivity index (χ3n) is 8.12. The highest BCUT2D eigenvalue weighted by Crippen LogP contribution is 2.46. The Morgan fingerprint density at radius 1 is 1.13 bits per heavy atom. The molecule has 1 aromatic heterocycles. The number of amides is 2. The summed E-state index contributed by atoms with van der Waals surface area (Å²) in [6.45, 7) is 3.92. The third-order valence-corrected chi connectivity index (χ3v) is 8.12. The molecule has 9 heteroatoms. The number of nitrogens with one attached hydrogen (secondary N) is 2. The lowest BCUT2D eigenvalue weighted by molar-refractivity contribution is -0.154. The first-order valence-electron chi connectivity index (χ1n) is 13.8. The molecule has 0 bridgehead atoms. The number of hydrogen-bond donors (Lipinski definition) is 4. The minimum absolute atomic E-state index is 0.00531. The second kappa shape index (κ2) is 14.2. The monoisotopic (exact) mass is 525 g/mol. The van der Waals surface area contributed by atoms with Gasteiger partial charge in [0.05, 0.1) is 24.7 Å². The zero-order valence-corrected chi connectivity index (χ0v) is 22.6. The molecule has 38 heavy (non-hydrogen) atoms. The lowest BCUT2D eigenvalue weighted by atomic mass is 9.59. The van der Waals surface area contributed by atoms with E-state index in [9.17, 15) is 19.6 Å². The van der Waals surface area contributed by atoms with Crippen LogP contribution >= 0.6 is 0 Å². The molecule has 1 unspecified atom stereocenters. The predicted octanol–water partition coefficient (Wildman–Crippen LogP) is 3.82. The maximum absolute atomic E-state index is 14.5. The quantitative estimate of drug-likeness (QED) is 0.128. The molecular weight excluding hydrogens is 482 g/mol. The van der Waals surface area contributed by atoms with E-state index in [1.54, 1.807) is 23.3 Å². The van der Waals surface area contributed by atoms with Crippen molar-refractivity contribution in [1.29, 1.82) is 0 Å². The van der Waals surface area contributed by atoms with Gasteiger partial charge in [0.15, 0.2) is 5.78 Å². The smallest absolute Gasteiger partial charge is 0.248 e. The normalized spacial score (nSPS) is 17.4. The van der Waals surface area contributed by atoms with E-state index in [2.05, 4.69) is 10.4 Å². The topological polar surface area (TPSA) is 139 Å². The Bertz CT molecular complexity index is 1020. The largest absolute Gasteiger partial charge is 0.330 e. The number of rotatable bonds is 14. The molecule has 0 saturated heterocycles.